The van der Waals surface area contributed by atoms with Crippen LogP contribution in [0.4, 0.5) is 0 Å². The third-order valence-electron chi connectivity index (χ3n) is 5.30. The summed E-state index contributed by atoms with van der Waals surface area (Å²) in [5.41, 5.74) is 3.12. The van der Waals surface area contributed by atoms with Crippen LogP contribution in [-0.4, -0.2) is 39.5 Å². The summed E-state index contributed by atoms with van der Waals surface area (Å²) in [6.07, 6.45) is 2.92. The predicted octanol–water partition coefficient (Wildman–Crippen LogP) is 3.01. The zero-order valence-corrected chi connectivity index (χ0v) is 15.0. The van der Waals surface area contributed by atoms with E-state index in [4.69, 9.17) is 4.42 Å². The van der Waals surface area contributed by atoms with Gasteiger partial charge in [-0.05, 0) is 39.7 Å². The number of aromatic nitrogens is 2. The average molecular weight is 341 g/mol. The molecule has 1 amide bonds. The number of nitrogens with zero attached hydrogens (tertiary/aromatic N) is 3. The van der Waals surface area contributed by atoms with E-state index in [0.717, 1.165) is 30.7 Å². The minimum absolute atomic E-state index is 0.0377. The van der Waals surface area contributed by atoms with Crippen molar-refractivity contribution in [3.8, 4) is 0 Å². The van der Waals surface area contributed by atoms with Gasteiger partial charge < -0.3 is 9.32 Å². The van der Waals surface area contributed by atoms with E-state index in [1.165, 1.54) is 0 Å². The molecular formula is C19H23N3O3. The average Bonchev–Trinajstić information content (AvgIpc) is 3.24. The summed E-state index contributed by atoms with van der Waals surface area (Å²) in [5.74, 6) is 1.21. The SMILES string of the molecule is Cc1cc(C)n([C@@H]2CCN(C(=O)c3c(C)oc4c3C(=O)CCC4)C2)n1. The molecule has 1 aliphatic heterocycles. The van der Waals surface area contributed by atoms with Crippen LogP contribution in [0.5, 0.6) is 0 Å². The van der Waals surface area contributed by atoms with Crippen LogP contribution in [0.25, 0.3) is 0 Å². The Bertz CT molecular complexity index is 862. The molecule has 0 aromatic carbocycles. The normalized spacial score (nSPS) is 20.2. The van der Waals surface area contributed by atoms with Crippen LogP contribution in [0, 0.1) is 20.8 Å². The van der Waals surface area contributed by atoms with Crippen molar-refractivity contribution in [1.29, 1.82) is 0 Å². The summed E-state index contributed by atoms with van der Waals surface area (Å²) >= 11 is 0. The lowest BCUT2D eigenvalue weighted by Crippen LogP contribution is -2.31. The van der Waals surface area contributed by atoms with E-state index in [1.54, 1.807) is 6.92 Å². The molecule has 2 aromatic rings. The summed E-state index contributed by atoms with van der Waals surface area (Å²) in [4.78, 5) is 27.3. The Morgan fingerprint density at radius 1 is 1.28 bits per heavy atom. The van der Waals surface area contributed by atoms with Gasteiger partial charge in [-0.15, -0.1) is 0 Å². The Kier molecular flexibility index (Phi) is 3.78. The van der Waals surface area contributed by atoms with E-state index in [9.17, 15) is 9.59 Å². The number of hydrogen-bond donors (Lipinski definition) is 0. The van der Waals surface area contributed by atoms with Gasteiger partial charge in [-0.3, -0.25) is 14.3 Å². The zero-order chi connectivity index (χ0) is 17.7. The van der Waals surface area contributed by atoms with Crippen molar-refractivity contribution >= 4 is 11.7 Å². The highest BCUT2D eigenvalue weighted by Crippen LogP contribution is 2.32. The molecule has 1 aliphatic carbocycles. The molecule has 2 aliphatic rings. The first-order valence-electron chi connectivity index (χ1n) is 8.93. The molecule has 2 aromatic heterocycles. The second-order valence-corrected chi connectivity index (χ2v) is 7.17. The first kappa shape index (κ1) is 16.1. The number of amides is 1. The lowest BCUT2D eigenvalue weighted by atomic mass is 9.93. The number of fused-ring (bicyclic) bond motifs is 1. The molecule has 1 fully saturated rings. The first-order valence-corrected chi connectivity index (χ1v) is 8.93. The summed E-state index contributed by atoms with van der Waals surface area (Å²) in [6, 6.07) is 2.25. The van der Waals surface area contributed by atoms with Gasteiger partial charge in [0.05, 0.1) is 22.9 Å². The molecule has 25 heavy (non-hydrogen) atoms. The van der Waals surface area contributed by atoms with Gasteiger partial charge in [0.1, 0.15) is 11.5 Å². The second-order valence-electron chi connectivity index (χ2n) is 7.17. The summed E-state index contributed by atoms with van der Waals surface area (Å²) in [6.45, 7) is 7.10. The van der Waals surface area contributed by atoms with Crippen molar-refractivity contribution in [3.05, 3.63) is 40.1 Å². The quantitative estimate of drug-likeness (QED) is 0.842. The molecule has 0 saturated carbocycles. The number of carbonyl (C=O) groups is 2. The van der Waals surface area contributed by atoms with Crippen molar-refractivity contribution in [1.82, 2.24) is 14.7 Å². The third kappa shape index (κ3) is 2.60. The lowest BCUT2D eigenvalue weighted by molar-refractivity contribution is 0.0779. The number of furan rings is 1. The molecule has 1 saturated heterocycles. The first-order chi connectivity index (χ1) is 12.0. The molecule has 3 heterocycles. The van der Waals surface area contributed by atoms with E-state index in [-0.39, 0.29) is 17.7 Å². The highest BCUT2D eigenvalue weighted by atomic mass is 16.3. The van der Waals surface area contributed by atoms with Crippen molar-refractivity contribution in [2.45, 2.75) is 52.5 Å². The molecule has 0 unspecified atom stereocenters. The highest BCUT2D eigenvalue weighted by molar-refractivity contribution is 6.10. The fraction of sp³-hybridized carbons (Fsp3) is 0.526. The third-order valence-corrected chi connectivity index (χ3v) is 5.30. The van der Waals surface area contributed by atoms with Crippen LogP contribution in [0.2, 0.25) is 0 Å². The van der Waals surface area contributed by atoms with Crippen LogP contribution < -0.4 is 0 Å². The van der Waals surface area contributed by atoms with Crippen LogP contribution in [-0.2, 0) is 6.42 Å². The van der Waals surface area contributed by atoms with Gasteiger partial charge in [0, 0.05) is 31.6 Å². The second kappa shape index (κ2) is 5.86. The summed E-state index contributed by atoms with van der Waals surface area (Å²) in [5, 5.41) is 4.55. The Hall–Kier alpha value is -2.37. The Morgan fingerprint density at radius 2 is 2.08 bits per heavy atom. The van der Waals surface area contributed by atoms with Crippen molar-refractivity contribution in [2.24, 2.45) is 0 Å². The maximum atomic E-state index is 13.1. The van der Waals surface area contributed by atoms with Crippen LogP contribution in [0.1, 0.15) is 68.9 Å². The van der Waals surface area contributed by atoms with Gasteiger partial charge in [-0.2, -0.15) is 5.10 Å². The van der Waals surface area contributed by atoms with E-state index in [1.807, 2.05) is 23.4 Å². The molecule has 6 heteroatoms. The summed E-state index contributed by atoms with van der Waals surface area (Å²) < 4.78 is 7.76. The van der Waals surface area contributed by atoms with E-state index < -0.39 is 0 Å². The molecule has 0 radical (unpaired) electrons. The van der Waals surface area contributed by atoms with E-state index >= 15 is 0 Å². The van der Waals surface area contributed by atoms with Crippen LogP contribution >= 0.6 is 0 Å². The van der Waals surface area contributed by atoms with E-state index in [2.05, 4.69) is 11.2 Å². The number of likely N-dealkylation sites (tertiary alicyclic amines) is 1. The maximum absolute atomic E-state index is 13.1. The molecule has 1 atom stereocenters. The van der Waals surface area contributed by atoms with Gasteiger partial charge in [0.15, 0.2) is 5.78 Å². The Morgan fingerprint density at radius 3 is 2.80 bits per heavy atom. The topological polar surface area (TPSA) is 68.3 Å². The van der Waals surface area contributed by atoms with Crippen LogP contribution in [0.3, 0.4) is 0 Å². The number of carbonyl (C=O) groups excluding carboxylic acids is 2. The minimum atomic E-state index is -0.0817. The number of ketones is 1. The summed E-state index contributed by atoms with van der Waals surface area (Å²) in [7, 11) is 0. The fourth-order valence-corrected chi connectivity index (χ4v) is 4.17. The van der Waals surface area contributed by atoms with Gasteiger partial charge in [0.2, 0.25) is 0 Å². The largest absolute Gasteiger partial charge is 0.465 e. The molecular weight excluding hydrogens is 318 g/mol. The standard InChI is InChI=1S/C19H23N3O3/c1-11-9-12(2)22(20-11)14-7-8-21(10-14)19(24)17-13(3)25-16-6-4-5-15(23)18(16)17/h9,14H,4-8,10H2,1-3H3/t14-/m1/s1. The predicted molar refractivity (Wildman–Crippen MR) is 92.0 cm³/mol. The molecule has 132 valence electrons. The smallest absolute Gasteiger partial charge is 0.258 e. The molecule has 6 nitrogen and oxygen atoms in total. The number of hydrogen-bond acceptors (Lipinski definition) is 4. The number of Topliss-reactive ketones (excluding diaryl/α,β-unsaturated/α-hetero) is 1. The van der Waals surface area contributed by atoms with Crippen molar-refractivity contribution < 1.29 is 14.0 Å². The van der Waals surface area contributed by atoms with Gasteiger partial charge in [-0.25, -0.2) is 0 Å². The highest BCUT2D eigenvalue weighted by Gasteiger charge is 2.35. The Labute approximate surface area is 146 Å². The minimum Gasteiger partial charge on any atom is -0.465 e. The number of rotatable bonds is 2. The molecule has 4 rings (SSSR count). The lowest BCUT2D eigenvalue weighted by Gasteiger charge is -2.18. The molecule has 0 spiro atoms. The van der Waals surface area contributed by atoms with Crippen LogP contribution in [0.15, 0.2) is 10.5 Å². The fourth-order valence-electron chi connectivity index (χ4n) is 4.17. The van der Waals surface area contributed by atoms with E-state index in [0.29, 0.717) is 42.2 Å². The maximum Gasteiger partial charge on any atom is 0.258 e. The van der Waals surface area contributed by atoms with Crippen molar-refractivity contribution in [3.63, 3.8) is 0 Å². The van der Waals surface area contributed by atoms with Gasteiger partial charge in [0.25, 0.3) is 5.91 Å². The molecule has 0 bridgehead atoms. The van der Waals surface area contributed by atoms with Gasteiger partial charge >= 0.3 is 0 Å². The number of aryl methyl sites for hydroxylation is 4. The Balaban J connectivity index is 1.60. The monoisotopic (exact) mass is 341 g/mol. The van der Waals surface area contributed by atoms with Gasteiger partial charge in [-0.1, -0.05) is 0 Å². The molecule has 0 N–H and O–H groups in total. The van der Waals surface area contributed by atoms with Crippen molar-refractivity contribution in [2.75, 3.05) is 13.1 Å². The zero-order valence-electron chi connectivity index (χ0n) is 15.0.